The summed E-state index contributed by atoms with van der Waals surface area (Å²) in [6.45, 7) is 4.95. The first-order chi connectivity index (χ1) is 6.22. The molecule has 1 amide bonds. The van der Waals surface area contributed by atoms with Crippen LogP contribution in [0.25, 0.3) is 0 Å². The van der Waals surface area contributed by atoms with Crippen molar-refractivity contribution >= 4 is 5.91 Å². The second kappa shape index (κ2) is 2.87. The molecule has 1 aliphatic rings. The van der Waals surface area contributed by atoms with E-state index < -0.39 is 0 Å². The maximum Gasteiger partial charge on any atom is 0.272 e. The largest absolute Gasteiger partial charge is 0.344 e. The number of hydrogen-bond donors (Lipinski definition) is 1. The van der Waals surface area contributed by atoms with Crippen LogP contribution in [0.15, 0.2) is 6.20 Å². The number of fused-ring (bicyclic) bond motifs is 1. The number of amides is 1. The average molecular weight is 179 g/mol. The maximum absolute atomic E-state index is 11.3. The van der Waals surface area contributed by atoms with Crippen LogP contribution >= 0.6 is 0 Å². The van der Waals surface area contributed by atoms with E-state index in [9.17, 15) is 4.79 Å². The van der Waals surface area contributed by atoms with Crippen molar-refractivity contribution in [1.82, 2.24) is 15.1 Å². The quantitative estimate of drug-likeness (QED) is 0.739. The van der Waals surface area contributed by atoms with Crippen molar-refractivity contribution in [3.63, 3.8) is 0 Å². The highest BCUT2D eigenvalue weighted by Gasteiger charge is 2.28. The number of aryl methyl sites for hydroxylation is 1. The maximum atomic E-state index is 11.3. The second-order valence-corrected chi connectivity index (χ2v) is 3.39. The van der Waals surface area contributed by atoms with Crippen LogP contribution in [0.2, 0.25) is 0 Å². The minimum Gasteiger partial charge on any atom is -0.344 e. The van der Waals surface area contributed by atoms with E-state index in [2.05, 4.69) is 17.3 Å². The van der Waals surface area contributed by atoms with Gasteiger partial charge in [0, 0.05) is 18.3 Å². The number of carbonyl (C=O) groups excluding carboxylic acids is 1. The summed E-state index contributed by atoms with van der Waals surface area (Å²) in [5.41, 5.74) is 1.62. The fourth-order valence-corrected chi connectivity index (χ4v) is 1.62. The van der Waals surface area contributed by atoms with Crippen LogP contribution < -0.4 is 5.32 Å². The fourth-order valence-electron chi connectivity index (χ4n) is 1.62. The highest BCUT2D eigenvalue weighted by molar-refractivity contribution is 5.97. The molecule has 1 unspecified atom stereocenters. The Morgan fingerprint density at radius 2 is 2.46 bits per heavy atom. The molecule has 2 heterocycles. The van der Waals surface area contributed by atoms with E-state index in [0.29, 0.717) is 5.69 Å². The predicted molar refractivity (Wildman–Crippen MR) is 48.4 cm³/mol. The molecule has 1 aromatic heterocycles. The van der Waals surface area contributed by atoms with Gasteiger partial charge in [0.25, 0.3) is 5.91 Å². The number of rotatable bonds is 2. The average Bonchev–Trinajstić information content (AvgIpc) is 2.57. The zero-order chi connectivity index (χ0) is 9.42. The summed E-state index contributed by atoms with van der Waals surface area (Å²) >= 11 is 0. The third kappa shape index (κ3) is 1.22. The van der Waals surface area contributed by atoms with E-state index in [-0.39, 0.29) is 11.9 Å². The van der Waals surface area contributed by atoms with E-state index in [4.69, 9.17) is 0 Å². The summed E-state index contributed by atoms with van der Waals surface area (Å²) in [5, 5.41) is 7.03. The van der Waals surface area contributed by atoms with Crippen LogP contribution in [-0.2, 0) is 6.54 Å². The smallest absolute Gasteiger partial charge is 0.272 e. The molecule has 1 N–H and O–H groups in total. The minimum absolute atomic E-state index is 0.0441. The van der Waals surface area contributed by atoms with Gasteiger partial charge in [-0.25, -0.2) is 0 Å². The molecule has 0 saturated carbocycles. The summed E-state index contributed by atoms with van der Waals surface area (Å²) in [6, 6.07) is 0.119. The molecule has 70 valence electrons. The molecule has 0 spiro atoms. The molecular weight excluding hydrogens is 166 g/mol. The van der Waals surface area contributed by atoms with Gasteiger partial charge in [-0.2, -0.15) is 5.10 Å². The molecule has 2 rings (SSSR count). The zero-order valence-corrected chi connectivity index (χ0v) is 7.87. The van der Waals surface area contributed by atoms with Crippen molar-refractivity contribution in [1.29, 1.82) is 0 Å². The van der Waals surface area contributed by atoms with Crippen molar-refractivity contribution in [2.45, 2.75) is 32.9 Å². The van der Waals surface area contributed by atoms with Crippen LogP contribution in [0, 0.1) is 0 Å². The van der Waals surface area contributed by atoms with E-state index >= 15 is 0 Å². The summed E-state index contributed by atoms with van der Waals surface area (Å²) in [5.74, 6) is -0.0441. The van der Waals surface area contributed by atoms with Crippen LogP contribution in [0.4, 0.5) is 0 Å². The van der Waals surface area contributed by atoms with E-state index in [1.54, 1.807) is 0 Å². The number of aromatic nitrogens is 2. The summed E-state index contributed by atoms with van der Waals surface area (Å²) in [4.78, 5) is 11.3. The van der Waals surface area contributed by atoms with Gasteiger partial charge in [0.15, 0.2) is 5.69 Å². The number of hydrogen-bond acceptors (Lipinski definition) is 2. The van der Waals surface area contributed by atoms with Gasteiger partial charge < -0.3 is 5.32 Å². The predicted octanol–water partition coefficient (Wildman–Crippen LogP) is 1.10. The van der Waals surface area contributed by atoms with Crippen LogP contribution in [-0.4, -0.2) is 15.7 Å². The van der Waals surface area contributed by atoms with Gasteiger partial charge in [-0.3, -0.25) is 9.48 Å². The lowest BCUT2D eigenvalue weighted by atomic mass is 10.2. The number of carbonyl (C=O) groups is 1. The molecule has 13 heavy (non-hydrogen) atoms. The van der Waals surface area contributed by atoms with Gasteiger partial charge in [-0.05, 0) is 13.3 Å². The Morgan fingerprint density at radius 3 is 3.08 bits per heavy atom. The topological polar surface area (TPSA) is 46.9 Å². The van der Waals surface area contributed by atoms with Gasteiger partial charge >= 0.3 is 0 Å². The number of nitrogens with zero attached hydrogens (tertiary/aromatic N) is 2. The fraction of sp³-hybridized carbons (Fsp3) is 0.556. The SMILES string of the molecule is CCCn1cc2c(n1)C(=O)NC2C. The Kier molecular flexibility index (Phi) is 1.83. The highest BCUT2D eigenvalue weighted by Crippen LogP contribution is 2.23. The van der Waals surface area contributed by atoms with Crippen LogP contribution in [0.3, 0.4) is 0 Å². The van der Waals surface area contributed by atoms with Gasteiger partial charge in [0.05, 0.1) is 6.04 Å². The molecule has 0 saturated heterocycles. The van der Waals surface area contributed by atoms with Crippen molar-refractivity contribution in [2.75, 3.05) is 0 Å². The number of nitrogens with one attached hydrogen (secondary N) is 1. The molecule has 0 aliphatic carbocycles. The first kappa shape index (κ1) is 8.29. The monoisotopic (exact) mass is 179 g/mol. The van der Waals surface area contributed by atoms with Crippen molar-refractivity contribution in [3.8, 4) is 0 Å². The molecule has 1 aliphatic heterocycles. The lowest BCUT2D eigenvalue weighted by Gasteiger charge is -2.02. The molecule has 4 heteroatoms. The van der Waals surface area contributed by atoms with Crippen molar-refractivity contribution in [3.05, 3.63) is 17.5 Å². The zero-order valence-electron chi connectivity index (χ0n) is 7.87. The lowest BCUT2D eigenvalue weighted by molar-refractivity contribution is 0.0952. The van der Waals surface area contributed by atoms with Crippen molar-refractivity contribution < 1.29 is 4.79 Å². The Balaban J connectivity index is 2.35. The van der Waals surface area contributed by atoms with Gasteiger partial charge in [0.2, 0.25) is 0 Å². The third-order valence-corrected chi connectivity index (χ3v) is 2.27. The summed E-state index contributed by atoms with van der Waals surface area (Å²) < 4.78 is 1.85. The Morgan fingerprint density at radius 1 is 1.69 bits per heavy atom. The molecule has 1 atom stereocenters. The summed E-state index contributed by atoms with van der Waals surface area (Å²) in [7, 11) is 0. The van der Waals surface area contributed by atoms with Crippen LogP contribution in [0.1, 0.15) is 42.4 Å². The summed E-state index contributed by atoms with van der Waals surface area (Å²) in [6.07, 6.45) is 3.00. The molecule has 0 radical (unpaired) electrons. The van der Waals surface area contributed by atoms with Gasteiger partial charge in [-0.1, -0.05) is 6.92 Å². The normalized spacial score (nSPS) is 20.2. The molecule has 1 aromatic rings. The van der Waals surface area contributed by atoms with E-state index in [1.807, 2.05) is 17.8 Å². The molecule has 0 bridgehead atoms. The first-order valence-corrected chi connectivity index (χ1v) is 4.60. The van der Waals surface area contributed by atoms with Crippen LogP contribution in [0.5, 0.6) is 0 Å². The molecule has 0 fully saturated rings. The standard InChI is InChI=1S/C9H13N3O/c1-3-4-12-5-7-6(2)10-9(13)8(7)11-12/h5-6H,3-4H2,1-2H3,(H,10,13). The van der Waals surface area contributed by atoms with E-state index in [1.165, 1.54) is 0 Å². The van der Waals surface area contributed by atoms with Gasteiger partial charge in [-0.15, -0.1) is 0 Å². The Labute approximate surface area is 76.9 Å². The highest BCUT2D eigenvalue weighted by atomic mass is 16.2. The molecular formula is C9H13N3O. The van der Waals surface area contributed by atoms with Gasteiger partial charge in [0.1, 0.15) is 0 Å². The first-order valence-electron chi connectivity index (χ1n) is 4.60. The minimum atomic E-state index is -0.0441. The Bertz CT molecular complexity index is 343. The Hall–Kier alpha value is -1.32. The molecule has 4 nitrogen and oxygen atoms in total. The lowest BCUT2D eigenvalue weighted by Crippen LogP contribution is -2.18. The van der Waals surface area contributed by atoms with E-state index in [0.717, 1.165) is 18.5 Å². The van der Waals surface area contributed by atoms with Crippen molar-refractivity contribution in [2.24, 2.45) is 0 Å². The third-order valence-electron chi connectivity index (χ3n) is 2.27. The second-order valence-electron chi connectivity index (χ2n) is 3.39. The molecule has 0 aromatic carbocycles.